The predicted molar refractivity (Wildman–Crippen MR) is 66.6 cm³/mol. The number of benzene rings is 1. The van der Waals surface area contributed by atoms with E-state index in [2.05, 4.69) is 5.32 Å². The van der Waals surface area contributed by atoms with E-state index < -0.39 is 10.0 Å². The number of carbonyl (C=O) groups excluding carboxylic acids is 1. The minimum Gasteiger partial charge on any atom is -0.380 e. The van der Waals surface area contributed by atoms with Crippen LogP contribution in [0.15, 0.2) is 29.2 Å². The second kappa shape index (κ2) is 5.94. The molecule has 6 nitrogen and oxygen atoms in total. The average molecular weight is 272 g/mol. The lowest BCUT2D eigenvalue weighted by molar-refractivity contribution is 0.0870. The van der Waals surface area contributed by atoms with E-state index in [0.29, 0.717) is 6.54 Å². The summed E-state index contributed by atoms with van der Waals surface area (Å²) in [6.07, 6.45) is -0.115. The Morgan fingerprint density at radius 3 is 2.72 bits per heavy atom. The van der Waals surface area contributed by atoms with Gasteiger partial charge in [-0.3, -0.25) is 4.79 Å². The first-order valence-corrected chi connectivity index (χ1v) is 6.83. The fourth-order valence-electron chi connectivity index (χ4n) is 1.24. The van der Waals surface area contributed by atoms with Crippen LogP contribution in [0.1, 0.15) is 17.3 Å². The smallest absolute Gasteiger partial charge is 0.251 e. The van der Waals surface area contributed by atoms with Crippen molar-refractivity contribution in [2.45, 2.75) is 17.9 Å². The predicted octanol–water partition coefficient (Wildman–Crippen LogP) is 0.0987. The summed E-state index contributed by atoms with van der Waals surface area (Å²) in [4.78, 5) is 11.7. The summed E-state index contributed by atoms with van der Waals surface area (Å²) >= 11 is 0. The minimum absolute atomic E-state index is 0.0880. The minimum atomic E-state index is -3.80. The Balaban J connectivity index is 2.81. The van der Waals surface area contributed by atoms with Crippen LogP contribution in [0.5, 0.6) is 0 Å². The summed E-state index contributed by atoms with van der Waals surface area (Å²) in [5, 5.41) is 7.62. The van der Waals surface area contributed by atoms with Gasteiger partial charge in [0.25, 0.3) is 5.91 Å². The highest BCUT2D eigenvalue weighted by Crippen LogP contribution is 2.09. The van der Waals surface area contributed by atoms with Crippen LogP contribution in [-0.2, 0) is 14.8 Å². The summed E-state index contributed by atoms with van der Waals surface area (Å²) in [5.74, 6) is -0.371. The molecule has 0 bridgehead atoms. The zero-order valence-corrected chi connectivity index (χ0v) is 11.0. The lowest BCUT2D eigenvalue weighted by Gasteiger charge is -2.11. The first-order chi connectivity index (χ1) is 8.34. The molecular formula is C11H16N2O4S. The molecule has 0 aromatic heterocycles. The molecule has 1 rings (SSSR count). The molecule has 1 aromatic rings. The first-order valence-electron chi connectivity index (χ1n) is 5.28. The number of primary sulfonamides is 1. The van der Waals surface area contributed by atoms with Gasteiger partial charge in [0.2, 0.25) is 10.0 Å². The molecule has 3 N–H and O–H groups in total. The van der Waals surface area contributed by atoms with E-state index in [9.17, 15) is 13.2 Å². The highest BCUT2D eigenvalue weighted by Gasteiger charge is 2.12. The number of rotatable bonds is 5. The first kappa shape index (κ1) is 14.6. The number of amides is 1. The average Bonchev–Trinajstić information content (AvgIpc) is 2.34. The zero-order valence-electron chi connectivity index (χ0n) is 10.2. The summed E-state index contributed by atoms with van der Waals surface area (Å²) in [6.45, 7) is 2.15. The molecular weight excluding hydrogens is 256 g/mol. The van der Waals surface area contributed by atoms with E-state index in [-0.39, 0.29) is 22.5 Å². The van der Waals surface area contributed by atoms with E-state index in [4.69, 9.17) is 9.88 Å². The summed E-state index contributed by atoms with van der Waals surface area (Å²) < 4.78 is 27.3. The highest BCUT2D eigenvalue weighted by atomic mass is 32.2. The van der Waals surface area contributed by atoms with E-state index in [1.165, 1.54) is 24.3 Å². The molecule has 18 heavy (non-hydrogen) atoms. The van der Waals surface area contributed by atoms with E-state index in [0.717, 1.165) is 0 Å². The van der Waals surface area contributed by atoms with Crippen molar-refractivity contribution >= 4 is 15.9 Å². The largest absolute Gasteiger partial charge is 0.380 e. The van der Waals surface area contributed by atoms with Crippen molar-refractivity contribution in [1.29, 1.82) is 0 Å². The standard InChI is InChI=1S/C11H16N2O4S/c1-8(17-2)7-13-11(14)9-4-3-5-10(6-9)18(12,15)16/h3-6,8H,7H2,1-2H3,(H,13,14)(H2,12,15,16). The van der Waals surface area contributed by atoms with Gasteiger partial charge in [0.05, 0.1) is 11.0 Å². The van der Waals surface area contributed by atoms with Gasteiger partial charge < -0.3 is 10.1 Å². The summed E-state index contributed by atoms with van der Waals surface area (Å²) in [5.41, 5.74) is 0.241. The molecule has 0 saturated carbocycles. The number of hydrogen-bond acceptors (Lipinski definition) is 4. The SMILES string of the molecule is COC(C)CNC(=O)c1cccc(S(N)(=O)=O)c1. The molecule has 0 radical (unpaired) electrons. The molecule has 0 aliphatic rings. The molecule has 100 valence electrons. The van der Waals surface area contributed by atoms with Crippen molar-refractivity contribution in [3.63, 3.8) is 0 Å². The maximum Gasteiger partial charge on any atom is 0.251 e. The molecule has 0 aliphatic carbocycles. The molecule has 1 aromatic carbocycles. The van der Waals surface area contributed by atoms with Gasteiger partial charge in [-0.1, -0.05) is 6.07 Å². The van der Waals surface area contributed by atoms with Crippen LogP contribution in [-0.4, -0.2) is 34.1 Å². The lowest BCUT2D eigenvalue weighted by atomic mass is 10.2. The number of nitrogens with one attached hydrogen (secondary N) is 1. The summed E-state index contributed by atoms with van der Waals surface area (Å²) in [6, 6.07) is 5.56. The van der Waals surface area contributed by atoms with Crippen LogP contribution in [0.25, 0.3) is 0 Å². The van der Waals surface area contributed by atoms with Crippen LogP contribution in [0.3, 0.4) is 0 Å². The third-order valence-electron chi connectivity index (χ3n) is 2.38. The second-order valence-corrected chi connectivity index (χ2v) is 5.39. The fraction of sp³-hybridized carbons (Fsp3) is 0.364. The van der Waals surface area contributed by atoms with Gasteiger partial charge in [0.1, 0.15) is 0 Å². The molecule has 1 unspecified atom stereocenters. The van der Waals surface area contributed by atoms with Crippen molar-refractivity contribution in [3.05, 3.63) is 29.8 Å². The quantitative estimate of drug-likeness (QED) is 0.794. The highest BCUT2D eigenvalue weighted by molar-refractivity contribution is 7.89. The van der Waals surface area contributed by atoms with Crippen molar-refractivity contribution in [3.8, 4) is 0 Å². The number of ether oxygens (including phenoxy) is 1. The second-order valence-electron chi connectivity index (χ2n) is 3.83. The van der Waals surface area contributed by atoms with E-state index >= 15 is 0 Å². The van der Waals surface area contributed by atoms with Gasteiger partial charge in [-0.25, -0.2) is 13.6 Å². The Kier molecular flexibility index (Phi) is 4.83. The van der Waals surface area contributed by atoms with Gasteiger partial charge >= 0.3 is 0 Å². The van der Waals surface area contributed by atoms with Crippen LogP contribution < -0.4 is 10.5 Å². The van der Waals surface area contributed by atoms with Crippen molar-refractivity contribution in [1.82, 2.24) is 5.32 Å². The van der Waals surface area contributed by atoms with Gasteiger partial charge in [-0.15, -0.1) is 0 Å². The lowest BCUT2D eigenvalue weighted by Crippen LogP contribution is -2.31. The van der Waals surface area contributed by atoms with Crippen LogP contribution in [0.4, 0.5) is 0 Å². The molecule has 7 heteroatoms. The van der Waals surface area contributed by atoms with Gasteiger partial charge in [0.15, 0.2) is 0 Å². The molecule has 0 fully saturated rings. The monoisotopic (exact) mass is 272 g/mol. The van der Waals surface area contributed by atoms with Gasteiger partial charge in [0, 0.05) is 19.2 Å². The van der Waals surface area contributed by atoms with Crippen molar-refractivity contribution in [2.75, 3.05) is 13.7 Å². The number of methoxy groups -OCH3 is 1. The molecule has 1 atom stereocenters. The van der Waals surface area contributed by atoms with Crippen LogP contribution in [0, 0.1) is 0 Å². The Morgan fingerprint density at radius 1 is 1.50 bits per heavy atom. The molecule has 0 aliphatic heterocycles. The Morgan fingerprint density at radius 2 is 2.17 bits per heavy atom. The van der Waals surface area contributed by atoms with E-state index in [1.54, 1.807) is 14.0 Å². The Labute approximate surface area is 106 Å². The van der Waals surface area contributed by atoms with Crippen molar-refractivity contribution < 1.29 is 17.9 Å². The van der Waals surface area contributed by atoms with E-state index in [1.807, 2.05) is 0 Å². The van der Waals surface area contributed by atoms with Crippen LogP contribution in [0.2, 0.25) is 0 Å². The number of hydrogen-bond donors (Lipinski definition) is 2. The maximum absolute atomic E-state index is 11.7. The van der Waals surface area contributed by atoms with Gasteiger partial charge in [-0.2, -0.15) is 0 Å². The van der Waals surface area contributed by atoms with Gasteiger partial charge in [-0.05, 0) is 25.1 Å². The number of sulfonamides is 1. The Bertz CT molecular complexity index is 528. The number of carbonyl (C=O) groups is 1. The topological polar surface area (TPSA) is 98.5 Å². The molecule has 1 amide bonds. The van der Waals surface area contributed by atoms with Crippen molar-refractivity contribution in [2.24, 2.45) is 5.14 Å². The third kappa shape index (κ3) is 4.10. The zero-order chi connectivity index (χ0) is 13.8. The summed E-state index contributed by atoms with van der Waals surface area (Å²) in [7, 11) is -2.26. The molecule has 0 heterocycles. The molecule has 0 saturated heterocycles. The third-order valence-corrected chi connectivity index (χ3v) is 3.29. The molecule has 0 spiro atoms. The van der Waals surface area contributed by atoms with Crippen LogP contribution >= 0.6 is 0 Å². The normalized spacial score (nSPS) is 13.1. The number of nitrogens with two attached hydrogens (primary N) is 1. The fourth-order valence-corrected chi connectivity index (χ4v) is 1.80. The maximum atomic E-state index is 11.7. The Hall–Kier alpha value is -1.44.